The molecule has 2 rings (SSSR count). The quantitative estimate of drug-likeness (QED) is 0.700. The molecule has 0 spiro atoms. The highest BCUT2D eigenvalue weighted by Crippen LogP contribution is 2.27. The van der Waals surface area contributed by atoms with E-state index in [2.05, 4.69) is 4.74 Å². The van der Waals surface area contributed by atoms with Crippen LogP contribution in [-0.2, 0) is 19.1 Å². The summed E-state index contributed by atoms with van der Waals surface area (Å²) in [4.78, 5) is 38.9. The van der Waals surface area contributed by atoms with Crippen LogP contribution in [0.3, 0.4) is 0 Å². The monoisotopic (exact) mass is 282 g/mol. The van der Waals surface area contributed by atoms with Crippen LogP contribution < -0.4 is 0 Å². The Kier molecular flexibility index (Phi) is 4.62. The van der Waals surface area contributed by atoms with Crippen LogP contribution in [0.15, 0.2) is 0 Å². The Morgan fingerprint density at radius 2 is 2.00 bits per heavy atom. The average Bonchev–Trinajstić information content (AvgIpc) is 3.06. The van der Waals surface area contributed by atoms with Crippen molar-refractivity contribution in [1.29, 1.82) is 0 Å². The predicted octanol–water partition coefficient (Wildman–Crippen LogP) is 0.409. The summed E-state index contributed by atoms with van der Waals surface area (Å²) in [7, 11) is 3.03. The van der Waals surface area contributed by atoms with Gasteiger partial charge in [0.05, 0.1) is 13.0 Å². The molecule has 1 saturated heterocycles. The number of amides is 2. The lowest BCUT2D eigenvalue weighted by atomic mass is 10.0. The van der Waals surface area contributed by atoms with Crippen molar-refractivity contribution >= 4 is 17.8 Å². The van der Waals surface area contributed by atoms with E-state index in [-0.39, 0.29) is 36.7 Å². The molecule has 0 aromatic rings. The van der Waals surface area contributed by atoms with Gasteiger partial charge in [0, 0.05) is 26.1 Å². The highest BCUT2D eigenvalue weighted by atomic mass is 16.5. The number of esters is 1. The molecule has 112 valence electrons. The van der Waals surface area contributed by atoms with E-state index in [9.17, 15) is 14.4 Å². The van der Waals surface area contributed by atoms with Crippen LogP contribution >= 0.6 is 0 Å². The molecule has 6 nitrogen and oxygen atoms in total. The molecule has 0 aromatic carbocycles. The lowest BCUT2D eigenvalue weighted by molar-refractivity contribution is -0.150. The first-order chi connectivity index (χ1) is 9.52. The molecule has 6 heteroatoms. The molecule has 1 heterocycles. The number of hydrogen-bond acceptors (Lipinski definition) is 4. The van der Waals surface area contributed by atoms with Gasteiger partial charge in [-0.1, -0.05) is 12.8 Å². The van der Waals surface area contributed by atoms with Crippen LogP contribution in [0.25, 0.3) is 0 Å². The van der Waals surface area contributed by atoms with Gasteiger partial charge < -0.3 is 14.5 Å². The highest BCUT2D eigenvalue weighted by molar-refractivity contribution is 5.90. The molecule has 20 heavy (non-hydrogen) atoms. The number of carbonyl (C=O) groups is 3. The topological polar surface area (TPSA) is 66.9 Å². The molecule has 0 N–H and O–H groups in total. The Morgan fingerprint density at radius 1 is 1.35 bits per heavy atom. The Hall–Kier alpha value is -1.59. The number of hydrogen-bond donors (Lipinski definition) is 0. The lowest BCUT2D eigenvalue weighted by Crippen LogP contribution is -2.46. The summed E-state index contributed by atoms with van der Waals surface area (Å²) in [5.74, 6) is -0.812. The first-order valence-corrected chi connectivity index (χ1v) is 7.14. The first kappa shape index (κ1) is 14.8. The van der Waals surface area contributed by atoms with E-state index in [0.717, 1.165) is 25.7 Å². The van der Waals surface area contributed by atoms with Gasteiger partial charge in [0.25, 0.3) is 0 Å². The second kappa shape index (κ2) is 6.24. The second-order valence-electron chi connectivity index (χ2n) is 5.66. The number of likely N-dealkylation sites (tertiary alicyclic amines) is 1. The number of nitrogens with zero attached hydrogens (tertiary/aromatic N) is 2. The zero-order chi connectivity index (χ0) is 14.7. The molecular formula is C14H22N2O4. The molecule has 2 aliphatic rings. The molecule has 2 fully saturated rings. The maximum atomic E-state index is 12.6. The average molecular weight is 282 g/mol. The van der Waals surface area contributed by atoms with Gasteiger partial charge in [-0.15, -0.1) is 0 Å². The van der Waals surface area contributed by atoms with Gasteiger partial charge in [-0.25, -0.2) is 0 Å². The summed E-state index contributed by atoms with van der Waals surface area (Å²) < 4.78 is 4.69. The molecule has 1 atom stereocenters. The van der Waals surface area contributed by atoms with Crippen molar-refractivity contribution in [2.75, 3.05) is 27.2 Å². The van der Waals surface area contributed by atoms with Crippen molar-refractivity contribution in [3.8, 4) is 0 Å². The Bertz CT molecular complexity index is 404. The molecule has 0 radical (unpaired) electrons. The summed E-state index contributed by atoms with van der Waals surface area (Å²) in [5, 5.41) is 0. The summed E-state index contributed by atoms with van der Waals surface area (Å²) >= 11 is 0. The number of carbonyl (C=O) groups excluding carboxylic acids is 3. The minimum absolute atomic E-state index is 0.00555. The largest absolute Gasteiger partial charge is 0.468 e. The van der Waals surface area contributed by atoms with Gasteiger partial charge in [0.15, 0.2) is 0 Å². The van der Waals surface area contributed by atoms with Crippen LogP contribution in [0, 0.1) is 5.92 Å². The van der Waals surface area contributed by atoms with E-state index in [1.165, 1.54) is 7.11 Å². The maximum Gasteiger partial charge on any atom is 0.325 e. The normalized spacial score (nSPS) is 23.2. The van der Waals surface area contributed by atoms with E-state index in [1.54, 1.807) is 16.8 Å². The summed E-state index contributed by atoms with van der Waals surface area (Å²) in [6.07, 6.45) is 4.27. The summed E-state index contributed by atoms with van der Waals surface area (Å²) in [6, 6.07) is 0.114. The van der Waals surface area contributed by atoms with Crippen molar-refractivity contribution in [2.24, 2.45) is 5.92 Å². The summed E-state index contributed by atoms with van der Waals surface area (Å²) in [6.45, 7) is 0.441. The Balaban J connectivity index is 2.07. The third-order valence-corrected chi connectivity index (χ3v) is 4.27. The second-order valence-corrected chi connectivity index (χ2v) is 5.66. The van der Waals surface area contributed by atoms with E-state index in [0.29, 0.717) is 6.54 Å². The molecule has 1 aliphatic heterocycles. The smallest absolute Gasteiger partial charge is 0.325 e. The Morgan fingerprint density at radius 3 is 2.50 bits per heavy atom. The SMILES string of the molecule is COC(=O)CN(C(=O)C1CC(=O)N(C)C1)C1CCCC1. The van der Waals surface area contributed by atoms with Crippen molar-refractivity contribution in [2.45, 2.75) is 38.1 Å². The number of methoxy groups -OCH3 is 1. The molecule has 1 unspecified atom stereocenters. The highest BCUT2D eigenvalue weighted by Gasteiger charge is 2.38. The fourth-order valence-corrected chi connectivity index (χ4v) is 3.07. The van der Waals surface area contributed by atoms with Gasteiger partial charge in [0.1, 0.15) is 6.54 Å². The van der Waals surface area contributed by atoms with Crippen molar-refractivity contribution in [3.05, 3.63) is 0 Å². The third kappa shape index (κ3) is 3.11. The van der Waals surface area contributed by atoms with Crippen LogP contribution in [0.1, 0.15) is 32.1 Å². The lowest BCUT2D eigenvalue weighted by Gasteiger charge is -2.30. The van der Waals surface area contributed by atoms with Gasteiger partial charge in [-0.3, -0.25) is 14.4 Å². The minimum atomic E-state index is -0.400. The molecule has 0 bridgehead atoms. The molecule has 0 aromatic heterocycles. The van der Waals surface area contributed by atoms with Crippen molar-refractivity contribution in [3.63, 3.8) is 0 Å². The number of rotatable bonds is 4. The van der Waals surface area contributed by atoms with Crippen LogP contribution in [-0.4, -0.2) is 60.9 Å². The van der Waals surface area contributed by atoms with Gasteiger partial charge >= 0.3 is 5.97 Å². The van der Waals surface area contributed by atoms with E-state index in [4.69, 9.17) is 0 Å². The van der Waals surface area contributed by atoms with E-state index in [1.807, 2.05) is 0 Å². The molecular weight excluding hydrogens is 260 g/mol. The van der Waals surface area contributed by atoms with E-state index < -0.39 is 5.97 Å². The van der Waals surface area contributed by atoms with Crippen molar-refractivity contribution in [1.82, 2.24) is 9.80 Å². The maximum absolute atomic E-state index is 12.6. The zero-order valence-corrected chi connectivity index (χ0v) is 12.1. The number of ether oxygens (including phenoxy) is 1. The van der Waals surface area contributed by atoms with Gasteiger partial charge in [0.2, 0.25) is 11.8 Å². The molecule has 1 aliphatic carbocycles. The van der Waals surface area contributed by atoms with Crippen LogP contribution in [0.4, 0.5) is 0 Å². The first-order valence-electron chi connectivity index (χ1n) is 7.14. The zero-order valence-electron chi connectivity index (χ0n) is 12.1. The fraction of sp³-hybridized carbons (Fsp3) is 0.786. The van der Waals surface area contributed by atoms with Crippen molar-refractivity contribution < 1.29 is 19.1 Å². The molecule has 1 saturated carbocycles. The van der Waals surface area contributed by atoms with E-state index >= 15 is 0 Å². The van der Waals surface area contributed by atoms with Crippen LogP contribution in [0.2, 0.25) is 0 Å². The van der Waals surface area contributed by atoms with Gasteiger partial charge in [-0.2, -0.15) is 0 Å². The van der Waals surface area contributed by atoms with Gasteiger partial charge in [-0.05, 0) is 12.8 Å². The minimum Gasteiger partial charge on any atom is -0.468 e. The van der Waals surface area contributed by atoms with Crippen LogP contribution in [0.5, 0.6) is 0 Å². The predicted molar refractivity (Wildman–Crippen MR) is 71.7 cm³/mol. The standard InChI is InChI=1S/C14H22N2O4/c1-15-8-10(7-12(15)17)14(19)16(9-13(18)20-2)11-5-3-4-6-11/h10-11H,3-9H2,1-2H3. The molecule has 2 amide bonds. The summed E-state index contributed by atoms with van der Waals surface area (Å²) in [5.41, 5.74) is 0. The fourth-order valence-electron chi connectivity index (χ4n) is 3.07. The Labute approximate surface area is 119 Å². The third-order valence-electron chi connectivity index (χ3n) is 4.27.